The average molecular weight is 594 g/mol. The van der Waals surface area contributed by atoms with Gasteiger partial charge in [0.15, 0.2) is 15.8 Å². The van der Waals surface area contributed by atoms with E-state index in [0.29, 0.717) is 29.2 Å². The lowest BCUT2D eigenvalue weighted by atomic mass is 9.87. The Kier molecular flexibility index (Phi) is 10.1. The third-order valence-corrected chi connectivity index (χ3v) is 7.37. The molecule has 0 fully saturated rings. The molecule has 8 nitrogen and oxygen atoms in total. The first kappa shape index (κ1) is 27.9. The molecule has 0 aliphatic rings. The summed E-state index contributed by atoms with van der Waals surface area (Å²) in [6.07, 6.45) is 1.54. The van der Waals surface area contributed by atoms with Gasteiger partial charge in [0, 0.05) is 0 Å². The summed E-state index contributed by atoms with van der Waals surface area (Å²) in [5.41, 5.74) is 4.60. The number of hydrazone groups is 1. The molecular weight excluding hydrogens is 564 g/mol. The zero-order valence-corrected chi connectivity index (χ0v) is 24.1. The summed E-state index contributed by atoms with van der Waals surface area (Å²) in [4.78, 5) is 12.0. The molecule has 1 heterocycles. The van der Waals surface area contributed by atoms with E-state index in [1.807, 2.05) is 25.1 Å². The highest BCUT2D eigenvalue weighted by Crippen LogP contribution is 2.36. The molecule has 36 heavy (non-hydrogen) atoms. The lowest BCUT2D eigenvalue weighted by molar-refractivity contribution is -0.118. The minimum Gasteiger partial charge on any atom is -0.493 e. The first-order chi connectivity index (χ1) is 17.2. The van der Waals surface area contributed by atoms with E-state index in [4.69, 9.17) is 14.2 Å². The van der Waals surface area contributed by atoms with Gasteiger partial charge in [-0.25, -0.2) is 5.43 Å². The summed E-state index contributed by atoms with van der Waals surface area (Å²) in [6, 6.07) is 11.7. The zero-order chi connectivity index (χ0) is 26.1. The fourth-order valence-corrected chi connectivity index (χ4v) is 5.17. The average Bonchev–Trinajstić information content (AvgIpc) is 3.26. The second kappa shape index (κ2) is 13.1. The molecule has 1 N–H and O–H groups in total. The number of aryl methyl sites for hydroxylation is 1. The van der Waals surface area contributed by atoms with Crippen molar-refractivity contribution in [3.05, 3.63) is 57.0 Å². The Morgan fingerprint density at radius 2 is 1.89 bits per heavy atom. The quantitative estimate of drug-likeness (QED) is 0.134. The van der Waals surface area contributed by atoms with E-state index in [1.165, 1.54) is 28.7 Å². The number of halogens is 1. The van der Waals surface area contributed by atoms with Gasteiger partial charge in [0.1, 0.15) is 24.0 Å². The number of ether oxygens (including phenoxy) is 3. The number of carbonyl (C=O) groups excluding carboxylic acids is 1. The fraction of sp³-hybridized carbons (Fsp3) is 0.360. The summed E-state index contributed by atoms with van der Waals surface area (Å²) >= 11 is 6.29. The van der Waals surface area contributed by atoms with Crippen molar-refractivity contribution < 1.29 is 19.0 Å². The Bertz CT molecular complexity index is 1190. The van der Waals surface area contributed by atoms with E-state index in [1.54, 1.807) is 19.4 Å². The van der Waals surface area contributed by atoms with E-state index in [-0.39, 0.29) is 17.1 Å². The molecule has 1 aromatic heterocycles. The summed E-state index contributed by atoms with van der Waals surface area (Å²) in [7, 11) is 1.57. The van der Waals surface area contributed by atoms with Gasteiger partial charge in [-0.05, 0) is 63.7 Å². The number of rotatable bonds is 11. The lowest BCUT2D eigenvalue weighted by Crippen LogP contribution is -2.19. The normalized spacial score (nSPS) is 11.5. The third-order valence-electron chi connectivity index (χ3n) is 4.81. The molecule has 192 valence electrons. The van der Waals surface area contributed by atoms with Gasteiger partial charge in [0.05, 0.1) is 23.5 Å². The second-order valence-corrected chi connectivity index (χ2v) is 11.9. The standard InChI is InChI=1S/C25H29BrN4O4S2/c1-16-28-30-24(36-16)35-15-22(31)29-27-14-17-12-20(26)23(21(13-17)32-5)34-11-10-33-19-8-6-18(7-9-19)25(2,3)4/h6-9,12-14H,10-11,15H2,1-5H3,(H,29,31)/b27-14+. The molecule has 0 atom stereocenters. The monoisotopic (exact) mass is 592 g/mol. The molecule has 0 radical (unpaired) electrons. The predicted molar refractivity (Wildman–Crippen MR) is 148 cm³/mol. The van der Waals surface area contributed by atoms with Gasteiger partial charge in [0.2, 0.25) is 0 Å². The number of benzene rings is 2. The zero-order valence-electron chi connectivity index (χ0n) is 20.8. The summed E-state index contributed by atoms with van der Waals surface area (Å²) in [5.74, 6) is 1.86. The molecule has 0 saturated carbocycles. The lowest BCUT2D eigenvalue weighted by Gasteiger charge is -2.19. The van der Waals surface area contributed by atoms with Crippen LogP contribution in [-0.4, -0.2) is 48.4 Å². The third kappa shape index (κ3) is 8.49. The van der Waals surface area contributed by atoms with E-state index >= 15 is 0 Å². The molecule has 11 heteroatoms. The van der Waals surface area contributed by atoms with Crippen molar-refractivity contribution in [1.29, 1.82) is 0 Å². The number of hydrogen-bond acceptors (Lipinski definition) is 9. The van der Waals surface area contributed by atoms with Crippen LogP contribution >= 0.6 is 39.0 Å². The molecule has 0 unspecified atom stereocenters. The maximum atomic E-state index is 12.0. The summed E-state index contributed by atoms with van der Waals surface area (Å²) in [5, 5.41) is 12.8. The highest BCUT2D eigenvalue weighted by Gasteiger charge is 2.14. The molecule has 2 aromatic carbocycles. The minimum atomic E-state index is -0.233. The van der Waals surface area contributed by atoms with Crippen LogP contribution in [0.4, 0.5) is 0 Å². The number of methoxy groups -OCH3 is 1. The molecule has 0 bridgehead atoms. The van der Waals surface area contributed by atoms with E-state index in [9.17, 15) is 4.79 Å². The van der Waals surface area contributed by atoms with E-state index in [2.05, 4.69) is 69.6 Å². The van der Waals surface area contributed by atoms with Crippen molar-refractivity contribution in [2.75, 3.05) is 26.1 Å². The van der Waals surface area contributed by atoms with Crippen molar-refractivity contribution in [2.45, 2.75) is 37.4 Å². The van der Waals surface area contributed by atoms with Crippen LogP contribution in [0.2, 0.25) is 0 Å². The molecule has 0 saturated heterocycles. The van der Waals surface area contributed by atoms with Gasteiger partial charge in [-0.2, -0.15) is 5.10 Å². The molecule has 3 rings (SSSR count). The van der Waals surface area contributed by atoms with Gasteiger partial charge >= 0.3 is 0 Å². The largest absolute Gasteiger partial charge is 0.493 e. The van der Waals surface area contributed by atoms with Crippen LogP contribution in [0.3, 0.4) is 0 Å². The number of aromatic nitrogens is 2. The van der Waals surface area contributed by atoms with Gasteiger partial charge in [-0.15, -0.1) is 10.2 Å². The molecule has 1 amide bonds. The van der Waals surface area contributed by atoms with Crippen LogP contribution in [0.25, 0.3) is 0 Å². The number of hydrogen-bond donors (Lipinski definition) is 1. The number of amides is 1. The van der Waals surface area contributed by atoms with Crippen LogP contribution in [0.1, 0.15) is 36.9 Å². The van der Waals surface area contributed by atoms with Crippen molar-refractivity contribution in [3.8, 4) is 17.2 Å². The van der Waals surface area contributed by atoms with Crippen molar-refractivity contribution >= 4 is 51.2 Å². The van der Waals surface area contributed by atoms with Crippen molar-refractivity contribution in [2.24, 2.45) is 5.10 Å². The Balaban J connectivity index is 1.49. The van der Waals surface area contributed by atoms with Gasteiger partial charge in [-0.1, -0.05) is 56.0 Å². The maximum Gasteiger partial charge on any atom is 0.250 e. The SMILES string of the molecule is COc1cc(/C=N/NC(=O)CSc2nnc(C)s2)cc(Br)c1OCCOc1ccc(C(C)(C)C)cc1. The topological polar surface area (TPSA) is 94.9 Å². The van der Waals surface area contributed by atoms with Gasteiger partial charge in [0.25, 0.3) is 5.91 Å². The molecule has 0 aliphatic heterocycles. The molecule has 0 aliphatic carbocycles. The Morgan fingerprint density at radius 1 is 1.17 bits per heavy atom. The number of carbonyl (C=O) groups is 1. The van der Waals surface area contributed by atoms with Crippen molar-refractivity contribution in [1.82, 2.24) is 15.6 Å². The van der Waals surface area contributed by atoms with Crippen LogP contribution in [-0.2, 0) is 10.2 Å². The van der Waals surface area contributed by atoms with Crippen LogP contribution in [0.5, 0.6) is 17.2 Å². The highest BCUT2D eigenvalue weighted by molar-refractivity contribution is 9.10. The smallest absolute Gasteiger partial charge is 0.250 e. The fourth-order valence-electron chi connectivity index (χ4n) is 2.98. The van der Waals surface area contributed by atoms with Crippen LogP contribution in [0, 0.1) is 6.92 Å². The number of nitrogens with one attached hydrogen (secondary N) is 1. The van der Waals surface area contributed by atoms with Crippen LogP contribution in [0.15, 0.2) is 50.3 Å². The number of nitrogens with zero attached hydrogens (tertiary/aromatic N) is 3. The Labute approximate surface area is 228 Å². The highest BCUT2D eigenvalue weighted by atomic mass is 79.9. The molecule has 3 aromatic rings. The van der Waals surface area contributed by atoms with E-state index < -0.39 is 0 Å². The van der Waals surface area contributed by atoms with E-state index in [0.717, 1.165) is 20.7 Å². The van der Waals surface area contributed by atoms with Gasteiger partial charge < -0.3 is 14.2 Å². The minimum absolute atomic E-state index is 0.102. The van der Waals surface area contributed by atoms with Crippen molar-refractivity contribution in [3.63, 3.8) is 0 Å². The van der Waals surface area contributed by atoms with Gasteiger partial charge in [-0.3, -0.25) is 4.79 Å². The first-order valence-electron chi connectivity index (χ1n) is 11.1. The predicted octanol–water partition coefficient (Wildman–Crippen LogP) is 5.62. The molecule has 0 spiro atoms. The Hall–Kier alpha value is -2.63. The maximum absolute atomic E-state index is 12.0. The first-order valence-corrected chi connectivity index (χ1v) is 13.7. The summed E-state index contributed by atoms with van der Waals surface area (Å²) in [6.45, 7) is 9.13. The van der Waals surface area contributed by atoms with Crippen LogP contribution < -0.4 is 19.6 Å². The Morgan fingerprint density at radius 3 is 2.53 bits per heavy atom. The molecular formula is C25H29BrN4O4S2. The number of thioether (sulfide) groups is 1. The summed E-state index contributed by atoms with van der Waals surface area (Å²) < 4.78 is 18.6. The second-order valence-electron chi connectivity index (χ2n) is 8.67.